The molecular formula is C30H32F3N5. The van der Waals surface area contributed by atoms with E-state index in [0.717, 1.165) is 52.2 Å². The Morgan fingerprint density at radius 3 is 2.37 bits per heavy atom. The maximum Gasteiger partial charge on any atom is 0.416 e. The predicted octanol–water partition coefficient (Wildman–Crippen LogP) is 7.30. The molecule has 0 amide bonds. The molecule has 1 N–H and O–H groups in total. The second kappa shape index (κ2) is 11.3. The zero-order valence-electron chi connectivity index (χ0n) is 22.3. The van der Waals surface area contributed by atoms with Crippen LogP contribution in [0.3, 0.4) is 0 Å². The highest BCUT2D eigenvalue weighted by atomic mass is 19.4. The number of rotatable bonds is 8. The van der Waals surface area contributed by atoms with Crippen molar-refractivity contribution in [3.05, 3.63) is 82.9 Å². The fraction of sp³-hybridized carbons (Fsp3) is 0.300. The summed E-state index contributed by atoms with van der Waals surface area (Å²) < 4.78 is 41.1. The first-order valence-corrected chi connectivity index (χ1v) is 12.5. The lowest BCUT2D eigenvalue weighted by Crippen LogP contribution is -2.14. The van der Waals surface area contributed by atoms with Crippen LogP contribution in [0.25, 0.3) is 22.0 Å². The van der Waals surface area contributed by atoms with Gasteiger partial charge in [-0.15, -0.1) is 10.2 Å². The molecule has 0 atom stereocenters. The summed E-state index contributed by atoms with van der Waals surface area (Å²) in [7, 11) is 5.66. The first-order chi connectivity index (χ1) is 18.1. The third-order valence-electron chi connectivity index (χ3n) is 6.57. The second-order valence-electron chi connectivity index (χ2n) is 9.73. The van der Waals surface area contributed by atoms with E-state index in [9.17, 15) is 13.2 Å². The lowest BCUT2D eigenvalue weighted by molar-refractivity contribution is -0.137. The molecule has 0 unspecified atom stereocenters. The molecule has 4 aromatic rings. The van der Waals surface area contributed by atoms with Crippen LogP contribution < -0.4 is 5.32 Å². The summed E-state index contributed by atoms with van der Waals surface area (Å²) in [5.41, 5.74) is 4.99. The Balaban J connectivity index is 1.73. The summed E-state index contributed by atoms with van der Waals surface area (Å²) in [6, 6.07) is 17.8. The van der Waals surface area contributed by atoms with E-state index in [1.54, 1.807) is 13.1 Å². The van der Waals surface area contributed by atoms with Crippen LogP contribution in [-0.2, 0) is 12.6 Å². The molecule has 0 aliphatic rings. The lowest BCUT2D eigenvalue weighted by Gasteiger charge is -2.16. The van der Waals surface area contributed by atoms with Gasteiger partial charge in [0.1, 0.15) is 5.69 Å². The van der Waals surface area contributed by atoms with Gasteiger partial charge in [-0.2, -0.15) is 13.2 Å². The van der Waals surface area contributed by atoms with E-state index < -0.39 is 11.7 Å². The van der Waals surface area contributed by atoms with Crippen molar-refractivity contribution in [1.29, 1.82) is 0 Å². The summed E-state index contributed by atoms with van der Waals surface area (Å²) in [6.07, 6.45) is -3.15. The van der Waals surface area contributed by atoms with Crippen molar-refractivity contribution in [1.82, 2.24) is 15.1 Å². The Morgan fingerprint density at radius 1 is 0.974 bits per heavy atom. The molecule has 1 aromatic heterocycles. The van der Waals surface area contributed by atoms with E-state index in [0.29, 0.717) is 29.2 Å². The van der Waals surface area contributed by atoms with Crippen LogP contribution in [0.15, 0.2) is 65.7 Å². The number of anilines is 2. The van der Waals surface area contributed by atoms with E-state index >= 15 is 0 Å². The van der Waals surface area contributed by atoms with Gasteiger partial charge in [0.05, 0.1) is 5.56 Å². The second-order valence-corrected chi connectivity index (χ2v) is 9.73. The average Bonchev–Trinajstić information content (AvgIpc) is 2.87. The smallest absolute Gasteiger partial charge is 0.338 e. The highest BCUT2D eigenvalue weighted by Gasteiger charge is 2.31. The van der Waals surface area contributed by atoms with Gasteiger partial charge in [-0.1, -0.05) is 36.4 Å². The largest absolute Gasteiger partial charge is 0.416 e. The van der Waals surface area contributed by atoms with Crippen molar-refractivity contribution >= 4 is 28.0 Å². The monoisotopic (exact) mass is 519 g/mol. The van der Waals surface area contributed by atoms with Gasteiger partial charge >= 0.3 is 6.18 Å². The van der Waals surface area contributed by atoms with Crippen LogP contribution in [0, 0.1) is 6.92 Å². The van der Waals surface area contributed by atoms with Crippen molar-refractivity contribution in [2.24, 2.45) is 4.99 Å². The van der Waals surface area contributed by atoms with Gasteiger partial charge in [0.2, 0.25) is 0 Å². The molecule has 0 bridgehead atoms. The molecule has 198 valence electrons. The minimum absolute atomic E-state index is 0.335. The third-order valence-corrected chi connectivity index (χ3v) is 6.57. The van der Waals surface area contributed by atoms with Gasteiger partial charge in [-0.3, -0.25) is 4.99 Å². The molecule has 0 saturated carbocycles. The van der Waals surface area contributed by atoms with Crippen molar-refractivity contribution in [2.75, 3.05) is 33.0 Å². The molecule has 5 nitrogen and oxygen atoms in total. The van der Waals surface area contributed by atoms with E-state index in [4.69, 9.17) is 0 Å². The zero-order valence-corrected chi connectivity index (χ0v) is 22.3. The molecule has 0 spiro atoms. The quantitative estimate of drug-likeness (QED) is 0.248. The van der Waals surface area contributed by atoms with E-state index in [1.807, 2.05) is 69.2 Å². The molecule has 0 radical (unpaired) electrons. The minimum Gasteiger partial charge on any atom is -0.338 e. The van der Waals surface area contributed by atoms with Crippen LogP contribution in [-0.4, -0.2) is 48.5 Å². The number of hydrogen-bond acceptors (Lipinski definition) is 5. The number of benzene rings is 3. The van der Waals surface area contributed by atoms with Crippen LogP contribution in [0.4, 0.5) is 24.7 Å². The minimum atomic E-state index is -4.45. The van der Waals surface area contributed by atoms with Gasteiger partial charge in [0.25, 0.3) is 0 Å². The fourth-order valence-corrected chi connectivity index (χ4v) is 4.56. The van der Waals surface area contributed by atoms with Gasteiger partial charge in [-0.05, 0) is 88.3 Å². The number of alkyl halides is 3. The van der Waals surface area contributed by atoms with Gasteiger partial charge in [0, 0.05) is 34.8 Å². The number of aliphatic imine (C=N–C) groups is 1. The zero-order chi connectivity index (χ0) is 27.4. The SMILES string of the molecule is C/N=C(/C)c1ccc(-c2nnc(Nc3cc(CCCN(C)C)cc(C(F)(F)F)c3)c3ccccc23)cc1C. The topological polar surface area (TPSA) is 53.4 Å². The van der Waals surface area contributed by atoms with Crippen molar-refractivity contribution in [2.45, 2.75) is 32.9 Å². The highest BCUT2D eigenvalue weighted by molar-refractivity contribution is 6.03. The summed E-state index contributed by atoms with van der Waals surface area (Å²) in [5.74, 6) is 0.408. The normalized spacial score (nSPS) is 12.4. The average molecular weight is 520 g/mol. The summed E-state index contributed by atoms with van der Waals surface area (Å²) in [6.45, 7) is 4.80. The van der Waals surface area contributed by atoms with Gasteiger partial charge in [-0.25, -0.2) is 0 Å². The van der Waals surface area contributed by atoms with Crippen molar-refractivity contribution in [3.63, 3.8) is 0 Å². The molecule has 8 heteroatoms. The molecule has 0 fully saturated rings. The van der Waals surface area contributed by atoms with Crippen LogP contribution in [0.2, 0.25) is 0 Å². The number of fused-ring (bicyclic) bond motifs is 1. The van der Waals surface area contributed by atoms with Gasteiger partial charge < -0.3 is 10.2 Å². The Labute approximate surface area is 221 Å². The molecule has 0 aliphatic carbocycles. The molecule has 3 aromatic carbocycles. The predicted molar refractivity (Wildman–Crippen MR) is 149 cm³/mol. The molecule has 4 rings (SSSR count). The standard InChI is InChI=1S/C30H32F3N5/c1-19-15-22(12-13-25(19)20(2)34-3)28-26-10-6-7-11-27(26)29(37-36-28)35-24-17-21(9-8-14-38(4)5)16-23(18-24)30(31,32)33/h6-7,10-13,15-18H,8-9,14H2,1-5H3,(H,35,37)/b34-20-. The van der Waals surface area contributed by atoms with E-state index in [1.165, 1.54) is 6.07 Å². The summed E-state index contributed by atoms with van der Waals surface area (Å²) in [5, 5.41) is 13.7. The Bertz CT molecular complexity index is 1470. The molecule has 0 saturated heterocycles. The Hall–Kier alpha value is -3.78. The Morgan fingerprint density at radius 2 is 1.71 bits per heavy atom. The summed E-state index contributed by atoms with van der Waals surface area (Å²) in [4.78, 5) is 6.30. The molecule has 1 heterocycles. The van der Waals surface area contributed by atoms with E-state index in [2.05, 4.69) is 26.6 Å². The van der Waals surface area contributed by atoms with Crippen LogP contribution >= 0.6 is 0 Å². The molecule has 0 aliphatic heterocycles. The number of aromatic nitrogens is 2. The maximum absolute atomic E-state index is 13.7. The van der Waals surface area contributed by atoms with E-state index in [-0.39, 0.29) is 0 Å². The number of hydrogen-bond donors (Lipinski definition) is 1. The number of halogens is 3. The van der Waals surface area contributed by atoms with Crippen LogP contribution in [0.5, 0.6) is 0 Å². The maximum atomic E-state index is 13.7. The van der Waals surface area contributed by atoms with Crippen molar-refractivity contribution in [3.8, 4) is 11.3 Å². The number of aryl methyl sites for hydroxylation is 2. The van der Waals surface area contributed by atoms with Gasteiger partial charge in [0.15, 0.2) is 5.82 Å². The number of nitrogens with zero attached hydrogens (tertiary/aromatic N) is 4. The lowest BCUT2D eigenvalue weighted by atomic mass is 9.98. The number of nitrogens with one attached hydrogen (secondary N) is 1. The first kappa shape index (κ1) is 27.3. The molecule has 38 heavy (non-hydrogen) atoms. The summed E-state index contributed by atoms with van der Waals surface area (Å²) >= 11 is 0. The highest BCUT2D eigenvalue weighted by Crippen LogP contribution is 2.35. The third kappa shape index (κ3) is 6.19. The van der Waals surface area contributed by atoms with Crippen molar-refractivity contribution < 1.29 is 13.2 Å². The Kier molecular flexibility index (Phi) is 8.11. The fourth-order valence-electron chi connectivity index (χ4n) is 4.56. The first-order valence-electron chi connectivity index (χ1n) is 12.5. The molecular weight excluding hydrogens is 487 g/mol. The van der Waals surface area contributed by atoms with Crippen LogP contribution in [0.1, 0.15) is 35.6 Å².